The van der Waals surface area contributed by atoms with Crippen LogP contribution >= 0.6 is 25.9 Å². The van der Waals surface area contributed by atoms with E-state index in [9.17, 15) is 0 Å². The van der Waals surface area contributed by atoms with Gasteiger partial charge in [0.2, 0.25) is 0 Å². The van der Waals surface area contributed by atoms with Gasteiger partial charge in [0, 0.05) is 64.7 Å². The number of fused-ring (bicyclic) bond motifs is 8. The summed E-state index contributed by atoms with van der Waals surface area (Å²) in [5.41, 5.74) is 11.1. The molecule has 0 radical (unpaired) electrons. The minimum Gasteiger partial charge on any atom is -1.00 e. The fourth-order valence-corrected chi connectivity index (χ4v) is 36.3. The maximum absolute atomic E-state index is 16.2. The minimum atomic E-state index is -3.26. The molecule has 482 valence electrons. The Morgan fingerprint density at radius 1 is 0.320 bits per heavy atom. The standard InChI is InChI=1S/C45H36NOPSi.C30H22ClOPSi.C15H15N.K.H/c1-45(2)37-24-12-14-26-39(37)46(40-27-15-13-25-38(40)45)33-30-31-42-44(32-33)49(35-20-8-4-9-21-35,36-22-10-5-11-23-36)43-29-17-16-28-41(43)48(42,47)34-18-6-3-7-19-34;31-23-20-21-28-30(22-23)34(25-14-6-2-7-15-25,26-16-8-3-9-17-26)29-19-11-10-18-27(29)33(28,32)24-12-4-1-5-13-24;1-15(2)11-7-3-5-9-13(11)16-14-10-6-4-8-12(14)15;;/h3-32H,1-2H3;1-22H;3-10,16H,1-2H3;;/q;;;+1;-1. The third-order valence-corrected chi connectivity index (χ3v) is 38.3. The molecule has 0 fully saturated rings. The Balaban J connectivity index is 0.000000144. The van der Waals surface area contributed by atoms with E-state index in [-0.39, 0.29) is 63.6 Å². The van der Waals surface area contributed by atoms with E-state index >= 15 is 9.13 Å². The summed E-state index contributed by atoms with van der Waals surface area (Å²) in [6.45, 7) is 9.21. The molecule has 18 rings (SSSR count). The average Bonchev–Trinajstić information content (AvgIpc) is 0.687. The molecule has 1 N–H and O–H groups in total. The smallest absolute Gasteiger partial charge is 1.00 e. The van der Waals surface area contributed by atoms with Crippen LogP contribution in [0, 0.1) is 0 Å². The van der Waals surface area contributed by atoms with E-state index in [2.05, 4.69) is 323 Å². The molecule has 10 heteroatoms. The van der Waals surface area contributed by atoms with Crippen molar-refractivity contribution in [2.75, 3.05) is 10.2 Å². The summed E-state index contributed by atoms with van der Waals surface area (Å²) in [4.78, 5) is 2.43. The van der Waals surface area contributed by atoms with Crippen LogP contribution < -0.4 is 135 Å². The van der Waals surface area contributed by atoms with Gasteiger partial charge in [-0.25, -0.2) is 0 Å². The van der Waals surface area contributed by atoms with Crippen molar-refractivity contribution in [2.24, 2.45) is 0 Å². The first kappa shape index (κ1) is 67.3. The maximum Gasteiger partial charge on any atom is 1.00 e. The van der Waals surface area contributed by atoms with Crippen LogP contribution in [0.3, 0.4) is 0 Å². The van der Waals surface area contributed by atoms with Crippen LogP contribution in [0.2, 0.25) is 5.02 Å². The molecule has 2 unspecified atom stereocenters. The first-order valence-electron chi connectivity index (χ1n) is 34.0. The van der Waals surface area contributed by atoms with Crippen molar-refractivity contribution in [3.8, 4) is 0 Å². The molecular weight excluding hydrogens is 1330 g/mol. The van der Waals surface area contributed by atoms with Crippen molar-refractivity contribution < 1.29 is 61.9 Å². The summed E-state index contributed by atoms with van der Waals surface area (Å²) in [6, 6.07) is 128. The minimum absolute atomic E-state index is 0. The Bertz CT molecular complexity index is 5300. The summed E-state index contributed by atoms with van der Waals surface area (Å²) in [5, 5.41) is 19.4. The van der Waals surface area contributed by atoms with Crippen LogP contribution in [0.15, 0.2) is 364 Å². The molecule has 4 nitrogen and oxygen atoms in total. The topological polar surface area (TPSA) is 49.4 Å². The zero-order valence-electron chi connectivity index (χ0n) is 57.7. The number of hydrogen-bond acceptors (Lipinski definition) is 4. The van der Waals surface area contributed by atoms with E-state index in [4.69, 9.17) is 11.6 Å². The van der Waals surface area contributed by atoms with E-state index in [1.807, 2.05) is 78.9 Å². The SMILES string of the molecule is CC1(C)c2ccccc2N(c2ccc3c(c2)[Si](c2ccccc2)(c2ccccc2)c2ccccc2P3(=O)c2ccccc2)c2ccccc21.CC1(C)c2ccccc2Nc2ccccc21.O=P1(c2ccccc2)c2ccccc2[Si](c2ccccc2)(c2ccccc2)c2cc(Cl)ccc21.[H-].[K+]. The molecule has 14 aromatic carbocycles. The van der Waals surface area contributed by atoms with Crippen molar-refractivity contribution >= 4 is 144 Å². The van der Waals surface area contributed by atoms with E-state index in [0.29, 0.717) is 5.02 Å². The van der Waals surface area contributed by atoms with Crippen LogP contribution in [0.4, 0.5) is 28.4 Å². The molecule has 4 aliphatic rings. The molecule has 4 aliphatic heterocycles. The molecule has 0 aliphatic carbocycles. The fraction of sp³-hybridized carbons (Fsp3) is 0.0667. The molecule has 4 heterocycles. The molecule has 2 atom stereocenters. The summed E-state index contributed by atoms with van der Waals surface area (Å²) in [7, 11) is -12.2. The van der Waals surface area contributed by atoms with E-state index in [1.165, 1.54) is 81.3 Å². The summed E-state index contributed by atoms with van der Waals surface area (Å²) >= 11 is 6.68. The van der Waals surface area contributed by atoms with Gasteiger partial charge in [-0.3, -0.25) is 0 Å². The monoisotopic (exact) mass is 1410 g/mol. The molecule has 0 amide bonds. The zero-order chi connectivity index (χ0) is 67.6. The van der Waals surface area contributed by atoms with Gasteiger partial charge in [0.25, 0.3) is 0 Å². The zero-order valence-corrected chi connectivity index (χ0v) is 64.3. The van der Waals surface area contributed by atoms with Crippen molar-refractivity contribution in [1.82, 2.24) is 0 Å². The number of nitrogens with zero attached hydrogens (tertiary/aromatic N) is 1. The van der Waals surface area contributed by atoms with Gasteiger partial charge < -0.3 is 20.8 Å². The number of halogens is 1. The second-order valence-corrected chi connectivity index (χ2v) is 40.4. The van der Waals surface area contributed by atoms with Crippen molar-refractivity contribution in [3.05, 3.63) is 391 Å². The number of anilines is 5. The van der Waals surface area contributed by atoms with E-state index in [0.717, 1.165) is 42.7 Å². The van der Waals surface area contributed by atoms with Crippen molar-refractivity contribution in [3.63, 3.8) is 0 Å². The van der Waals surface area contributed by atoms with Gasteiger partial charge in [-0.1, -0.05) is 343 Å². The van der Waals surface area contributed by atoms with Gasteiger partial charge in [0.15, 0.2) is 30.4 Å². The summed E-state index contributed by atoms with van der Waals surface area (Å²) < 4.78 is 31.5. The molecular formula is C90H74ClKN2O2P2Si2. The average molecular weight is 1410 g/mol. The van der Waals surface area contributed by atoms with Crippen LogP contribution in [0.1, 0.15) is 51.4 Å². The molecule has 100 heavy (non-hydrogen) atoms. The molecule has 0 bridgehead atoms. The normalized spacial score (nSPS) is 17.5. The maximum atomic E-state index is 16.2. The number of benzene rings is 14. The second kappa shape index (κ2) is 27.1. The quantitative estimate of drug-likeness (QED) is 0.128. The Morgan fingerprint density at radius 2 is 0.620 bits per heavy atom. The van der Waals surface area contributed by atoms with Gasteiger partial charge in [-0.05, 0) is 124 Å². The van der Waals surface area contributed by atoms with Crippen molar-refractivity contribution in [1.29, 1.82) is 0 Å². The molecule has 0 saturated heterocycles. The van der Waals surface area contributed by atoms with Crippen LogP contribution in [0.5, 0.6) is 0 Å². The van der Waals surface area contributed by atoms with Gasteiger partial charge in [-0.15, -0.1) is 0 Å². The summed E-state index contributed by atoms with van der Waals surface area (Å²) in [6.07, 6.45) is 0. The first-order valence-corrected chi connectivity index (χ1v) is 41.8. The predicted octanol–water partition coefficient (Wildman–Crippen LogP) is 12.0. The number of hydrogen-bond donors (Lipinski definition) is 1. The fourth-order valence-electron chi connectivity index (χ4n) is 16.7. The van der Waals surface area contributed by atoms with Crippen LogP contribution in [-0.2, 0) is 20.0 Å². The molecule has 14 aromatic rings. The van der Waals surface area contributed by atoms with Gasteiger partial charge in [-0.2, -0.15) is 0 Å². The Hall–Kier alpha value is -8.50. The van der Waals surface area contributed by atoms with Crippen LogP contribution in [-0.4, -0.2) is 16.1 Å². The van der Waals surface area contributed by atoms with Crippen molar-refractivity contribution in [2.45, 2.75) is 38.5 Å². The number of nitrogens with one attached hydrogen (secondary N) is 1. The second-order valence-electron chi connectivity index (χ2n) is 27.1. The van der Waals surface area contributed by atoms with E-state index in [1.54, 1.807) is 0 Å². The first-order chi connectivity index (χ1) is 48.3. The van der Waals surface area contributed by atoms with Gasteiger partial charge in [0.1, 0.15) is 0 Å². The Morgan fingerprint density at radius 3 is 1.03 bits per heavy atom. The molecule has 0 aromatic heterocycles. The summed E-state index contributed by atoms with van der Waals surface area (Å²) in [5.74, 6) is 0. The van der Waals surface area contributed by atoms with Crippen LogP contribution in [0.25, 0.3) is 0 Å². The largest absolute Gasteiger partial charge is 1.00 e. The third kappa shape index (κ3) is 10.7. The van der Waals surface area contributed by atoms with Gasteiger partial charge in [0.05, 0.1) is 11.4 Å². The Labute approximate surface area is 639 Å². The molecule has 0 saturated carbocycles. The predicted molar refractivity (Wildman–Crippen MR) is 427 cm³/mol. The third-order valence-electron chi connectivity index (χ3n) is 21.2. The number of rotatable bonds is 7. The Kier molecular flexibility index (Phi) is 18.3. The van der Waals surface area contributed by atoms with Gasteiger partial charge >= 0.3 is 51.4 Å². The van der Waals surface area contributed by atoms with E-state index < -0.39 is 30.4 Å². The number of para-hydroxylation sites is 4. The molecule has 0 spiro atoms.